The van der Waals surface area contributed by atoms with E-state index in [-0.39, 0.29) is 23.8 Å². The van der Waals surface area contributed by atoms with Gasteiger partial charge >= 0.3 is 6.09 Å². The molecular weight excluding hydrogens is 490 g/mol. The molecule has 1 aliphatic carbocycles. The molecule has 1 fully saturated rings. The van der Waals surface area contributed by atoms with Gasteiger partial charge in [0.2, 0.25) is 11.8 Å². The first-order valence-electron chi connectivity index (χ1n) is 14.1. The van der Waals surface area contributed by atoms with Gasteiger partial charge in [0, 0.05) is 12.6 Å². The minimum Gasteiger partial charge on any atom is -0.444 e. The molecule has 1 saturated carbocycles. The Hall–Kier alpha value is -3.35. The average molecular weight is 536 g/mol. The molecule has 0 aliphatic heterocycles. The summed E-state index contributed by atoms with van der Waals surface area (Å²) in [4.78, 5) is 42.8. The van der Waals surface area contributed by atoms with Crippen molar-refractivity contribution in [2.24, 2.45) is 5.92 Å². The lowest BCUT2D eigenvalue weighted by Crippen LogP contribution is -2.57. The Morgan fingerprint density at radius 1 is 1.00 bits per heavy atom. The van der Waals surface area contributed by atoms with E-state index in [1.807, 2.05) is 70.2 Å². The van der Waals surface area contributed by atoms with Gasteiger partial charge in [-0.2, -0.15) is 0 Å². The summed E-state index contributed by atoms with van der Waals surface area (Å²) in [5, 5.41) is 5.91. The highest BCUT2D eigenvalue weighted by Gasteiger charge is 2.42. The minimum atomic E-state index is -0.819. The van der Waals surface area contributed by atoms with Crippen LogP contribution in [0.15, 0.2) is 48.5 Å². The zero-order chi connectivity index (χ0) is 28.7. The fourth-order valence-electron chi connectivity index (χ4n) is 4.99. The zero-order valence-corrected chi connectivity index (χ0v) is 24.5. The molecule has 0 spiro atoms. The van der Waals surface area contributed by atoms with Crippen LogP contribution in [0.5, 0.6) is 0 Å². The molecule has 0 saturated heterocycles. The van der Waals surface area contributed by atoms with Crippen LogP contribution >= 0.6 is 0 Å². The van der Waals surface area contributed by atoms with Gasteiger partial charge in [-0.15, -0.1) is 0 Å². The largest absolute Gasteiger partial charge is 0.444 e. The number of alkyl carbamates (subject to hydrolysis) is 1. The number of hydrogen-bond donors (Lipinski definition) is 2. The number of carbonyl (C=O) groups is 3. The molecule has 2 unspecified atom stereocenters. The highest BCUT2D eigenvalue weighted by atomic mass is 16.6. The molecule has 212 valence electrons. The third-order valence-electron chi connectivity index (χ3n) is 6.81. The lowest BCUT2D eigenvalue weighted by Gasteiger charge is -2.44. The Labute approximate surface area is 233 Å². The van der Waals surface area contributed by atoms with Crippen LogP contribution in [-0.2, 0) is 20.9 Å². The molecule has 0 bridgehead atoms. The molecule has 0 aromatic heterocycles. The third-order valence-corrected chi connectivity index (χ3v) is 6.81. The summed E-state index contributed by atoms with van der Waals surface area (Å²) in [7, 11) is 0. The Morgan fingerprint density at radius 3 is 2.13 bits per heavy atom. The van der Waals surface area contributed by atoms with Crippen molar-refractivity contribution in [3.05, 3.63) is 70.8 Å². The quantitative estimate of drug-likeness (QED) is 0.392. The molecule has 7 heteroatoms. The van der Waals surface area contributed by atoms with Crippen LogP contribution in [0.3, 0.4) is 0 Å². The molecule has 39 heavy (non-hydrogen) atoms. The maximum absolute atomic E-state index is 14.4. The number of hydrogen-bond acceptors (Lipinski definition) is 4. The van der Waals surface area contributed by atoms with Gasteiger partial charge in [0.25, 0.3) is 0 Å². The first-order valence-corrected chi connectivity index (χ1v) is 14.1. The molecule has 3 amide bonds. The van der Waals surface area contributed by atoms with Gasteiger partial charge in [-0.05, 0) is 77.3 Å². The second kappa shape index (κ2) is 13.1. The van der Waals surface area contributed by atoms with E-state index in [1.54, 1.807) is 25.7 Å². The predicted octanol–water partition coefficient (Wildman–Crippen LogP) is 5.98. The van der Waals surface area contributed by atoms with Crippen LogP contribution < -0.4 is 10.6 Å². The highest BCUT2D eigenvalue weighted by Crippen LogP contribution is 2.35. The number of rotatable bonds is 10. The van der Waals surface area contributed by atoms with Crippen molar-refractivity contribution in [2.45, 2.75) is 104 Å². The van der Waals surface area contributed by atoms with Crippen LogP contribution in [0, 0.1) is 19.8 Å². The van der Waals surface area contributed by atoms with E-state index in [0.29, 0.717) is 13.0 Å². The van der Waals surface area contributed by atoms with E-state index in [9.17, 15) is 14.4 Å². The number of benzene rings is 2. The van der Waals surface area contributed by atoms with Crippen molar-refractivity contribution in [1.82, 2.24) is 15.5 Å². The molecule has 2 atom stereocenters. The van der Waals surface area contributed by atoms with Gasteiger partial charge in [-0.3, -0.25) is 9.59 Å². The Bertz CT molecular complexity index is 1120. The third kappa shape index (κ3) is 8.84. The molecule has 3 rings (SSSR count). The van der Waals surface area contributed by atoms with Crippen molar-refractivity contribution >= 4 is 17.9 Å². The van der Waals surface area contributed by atoms with Gasteiger partial charge in [-0.25, -0.2) is 4.79 Å². The van der Waals surface area contributed by atoms with Gasteiger partial charge < -0.3 is 20.3 Å². The van der Waals surface area contributed by atoms with Crippen molar-refractivity contribution in [2.75, 3.05) is 0 Å². The predicted molar refractivity (Wildman–Crippen MR) is 154 cm³/mol. The van der Waals surface area contributed by atoms with Crippen LogP contribution in [-0.4, -0.2) is 40.5 Å². The van der Waals surface area contributed by atoms with Crippen LogP contribution in [0.4, 0.5) is 4.79 Å². The smallest absolute Gasteiger partial charge is 0.408 e. The molecule has 0 heterocycles. The number of amides is 3. The summed E-state index contributed by atoms with van der Waals surface area (Å²) in [5.74, 6) is -0.341. The van der Waals surface area contributed by atoms with Crippen LogP contribution in [0.2, 0.25) is 0 Å². The van der Waals surface area contributed by atoms with Crippen molar-refractivity contribution in [1.29, 1.82) is 0 Å². The Balaban J connectivity index is 2.00. The summed E-state index contributed by atoms with van der Waals surface area (Å²) in [6, 6.07) is 14.1. The topological polar surface area (TPSA) is 87.7 Å². The maximum atomic E-state index is 14.4. The molecule has 2 aromatic carbocycles. The first-order chi connectivity index (χ1) is 18.3. The molecule has 2 aromatic rings. The molecule has 1 aliphatic rings. The van der Waals surface area contributed by atoms with Gasteiger partial charge in [0.1, 0.15) is 17.7 Å². The van der Waals surface area contributed by atoms with E-state index in [0.717, 1.165) is 41.5 Å². The standard InChI is InChI=1S/C32H45N3O4/c1-21(2)16-27(34-31(38)39-32(5,6)7)30(37)35(26-14-11-15-26)28(25-18-22(3)17-23(4)19-25)29(36)33-20-24-12-9-8-10-13-24/h8-10,12-13,17-19,21,26-28H,11,14-16,20H2,1-7H3,(H,33,36)(H,34,38). The number of nitrogens with one attached hydrogen (secondary N) is 2. The number of nitrogens with zero attached hydrogens (tertiary/aromatic N) is 1. The monoisotopic (exact) mass is 535 g/mol. The molecule has 7 nitrogen and oxygen atoms in total. The first kappa shape index (κ1) is 30.2. The highest BCUT2D eigenvalue weighted by molar-refractivity contribution is 5.92. The summed E-state index contributed by atoms with van der Waals surface area (Å²) in [5.41, 5.74) is 3.12. The maximum Gasteiger partial charge on any atom is 0.408 e. The number of aryl methyl sites for hydroxylation is 2. The summed E-state index contributed by atoms with van der Waals surface area (Å²) < 4.78 is 5.49. The average Bonchev–Trinajstić information content (AvgIpc) is 2.79. The second-order valence-corrected chi connectivity index (χ2v) is 12.2. The van der Waals surface area contributed by atoms with E-state index in [2.05, 4.69) is 16.7 Å². The van der Waals surface area contributed by atoms with E-state index < -0.39 is 23.8 Å². The van der Waals surface area contributed by atoms with Crippen molar-refractivity contribution in [3.63, 3.8) is 0 Å². The fraction of sp³-hybridized carbons (Fsp3) is 0.531. The van der Waals surface area contributed by atoms with Crippen molar-refractivity contribution < 1.29 is 19.1 Å². The SMILES string of the molecule is Cc1cc(C)cc(C(C(=O)NCc2ccccc2)N(C(=O)C(CC(C)C)NC(=O)OC(C)(C)C)C2CCC2)c1. The Morgan fingerprint density at radius 2 is 1.62 bits per heavy atom. The summed E-state index contributed by atoms with van der Waals surface area (Å²) >= 11 is 0. The lowest BCUT2D eigenvalue weighted by atomic mass is 9.87. The van der Waals surface area contributed by atoms with E-state index >= 15 is 0 Å². The minimum absolute atomic E-state index is 0.0825. The van der Waals surface area contributed by atoms with Gasteiger partial charge in [-0.1, -0.05) is 73.5 Å². The summed E-state index contributed by atoms with van der Waals surface area (Å²) in [6.45, 7) is 13.8. The van der Waals surface area contributed by atoms with E-state index in [4.69, 9.17) is 4.74 Å². The Kier molecular flexibility index (Phi) is 10.2. The molecular formula is C32H45N3O4. The summed E-state index contributed by atoms with van der Waals surface area (Å²) in [6.07, 6.45) is 2.44. The molecule has 0 radical (unpaired) electrons. The fourth-order valence-corrected chi connectivity index (χ4v) is 4.99. The molecule has 2 N–H and O–H groups in total. The van der Waals surface area contributed by atoms with Crippen LogP contribution in [0.25, 0.3) is 0 Å². The lowest BCUT2D eigenvalue weighted by molar-refractivity contribution is -0.147. The second-order valence-electron chi connectivity index (χ2n) is 12.2. The van der Waals surface area contributed by atoms with Gasteiger partial charge in [0.05, 0.1) is 0 Å². The normalized spacial score (nSPS) is 15.2. The van der Waals surface area contributed by atoms with Crippen molar-refractivity contribution in [3.8, 4) is 0 Å². The van der Waals surface area contributed by atoms with Gasteiger partial charge in [0.15, 0.2) is 0 Å². The van der Waals surface area contributed by atoms with E-state index in [1.165, 1.54) is 0 Å². The number of carbonyl (C=O) groups excluding carboxylic acids is 3. The van der Waals surface area contributed by atoms with Crippen LogP contribution in [0.1, 0.15) is 88.6 Å². The zero-order valence-electron chi connectivity index (χ0n) is 24.5. The number of ether oxygens (including phenoxy) is 1.